The van der Waals surface area contributed by atoms with E-state index in [-0.39, 0.29) is 11.9 Å². The molecule has 0 spiro atoms. The minimum atomic E-state index is -1.16. The lowest BCUT2D eigenvalue weighted by Crippen LogP contribution is -2.52. The van der Waals surface area contributed by atoms with Crippen LogP contribution < -0.4 is 5.32 Å². The predicted molar refractivity (Wildman–Crippen MR) is 88.6 cm³/mol. The fourth-order valence-electron chi connectivity index (χ4n) is 2.56. The number of benzene rings is 1. The van der Waals surface area contributed by atoms with Gasteiger partial charge in [0.15, 0.2) is 0 Å². The maximum atomic E-state index is 12.4. The lowest BCUT2D eigenvalue weighted by molar-refractivity contribution is -0.141. The zero-order valence-electron chi connectivity index (χ0n) is 12.9. The van der Waals surface area contributed by atoms with Crippen LogP contribution in [0.5, 0.6) is 0 Å². The summed E-state index contributed by atoms with van der Waals surface area (Å²) in [4.78, 5) is 12.4. The minimum absolute atomic E-state index is 0.0822. The maximum Gasteiger partial charge on any atom is 0.252 e. The van der Waals surface area contributed by atoms with Gasteiger partial charge in [0.1, 0.15) is 5.60 Å². The third-order valence-corrected chi connectivity index (χ3v) is 5.16. The van der Waals surface area contributed by atoms with Crippen molar-refractivity contribution in [2.24, 2.45) is 0 Å². The van der Waals surface area contributed by atoms with Crippen molar-refractivity contribution in [1.82, 2.24) is 5.32 Å². The maximum absolute atomic E-state index is 12.4. The molecule has 0 aromatic heterocycles. The van der Waals surface area contributed by atoms with Gasteiger partial charge in [-0.15, -0.1) is 0 Å². The molecule has 0 aliphatic carbocycles. The zero-order valence-corrected chi connectivity index (χ0v) is 13.7. The average Bonchev–Trinajstić information content (AvgIpc) is 2.49. The summed E-state index contributed by atoms with van der Waals surface area (Å²) in [6, 6.07) is 8.48. The van der Waals surface area contributed by atoms with E-state index in [0.29, 0.717) is 12.8 Å². The molecule has 2 N–H and O–H groups in total. The number of aryl methyl sites for hydroxylation is 1. The Morgan fingerprint density at radius 3 is 2.52 bits per heavy atom. The molecule has 1 aliphatic heterocycles. The van der Waals surface area contributed by atoms with Crippen molar-refractivity contribution in [2.75, 3.05) is 11.5 Å². The second-order valence-corrected chi connectivity index (χ2v) is 7.14. The highest BCUT2D eigenvalue weighted by Crippen LogP contribution is 2.27. The zero-order chi connectivity index (χ0) is 15.3. The highest BCUT2D eigenvalue weighted by Gasteiger charge is 2.37. The Morgan fingerprint density at radius 1 is 1.33 bits per heavy atom. The van der Waals surface area contributed by atoms with Gasteiger partial charge in [-0.2, -0.15) is 11.8 Å². The van der Waals surface area contributed by atoms with Crippen LogP contribution in [0.1, 0.15) is 37.3 Å². The molecular weight excluding hydrogens is 282 g/mol. The van der Waals surface area contributed by atoms with Gasteiger partial charge in [-0.25, -0.2) is 0 Å². The fraction of sp³-hybridized carbons (Fsp3) is 0.588. The second kappa shape index (κ2) is 7.32. The first-order chi connectivity index (χ1) is 10.0. The van der Waals surface area contributed by atoms with E-state index >= 15 is 0 Å². The lowest BCUT2D eigenvalue weighted by atomic mass is 9.94. The van der Waals surface area contributed by atoms with E-state index in [1.807, 2.05) is 0 Å². The average molecular weight is 307 g/mol. The van der Waals surface area contributed by atoms with E-state index in [1.165, 1.54) is 11.1 Å². The number of aliphatic hydroxyl groups is 1. The Kier molecular flexibility index (Phi) is 5.71. The van der Waals surface area contributed by atoms with Gasteiger partial charge < -0.3 is 10.4 Å². The van der Waals surface area contributed by atoms with E-state index in [9.17, 15) is 9.90 Å². The minimum Gasteiger partial charge on any atom is -0.380 e. The number of nitrogens with one attached hydrogen (secondary N) is 1. The third-order valence-electron chi connectivity index (χ3n) is 4.17. The van der Waals surface area contributed by atoms with Crippen LogP contribution in [0.4, 0.5) is 0 Å². The van der Waals surface area contributed by atoms with Gasteiger partial charge in [-0.05, 0) is 49.7 Å². The first-order valence-corrected chi connectivity index (χ1v) is 8.85. The summed E-state index contributed by atoms with van der Waals surface area (Å²) < 4.78 is 0. The molecule has 0 saturated carbocycles. The molecule has 0 unspecified atom stereocenters. The smallest absolute Gasteiger partial charge is 0.252 e. The molecule has 1 aromatic rings. The third kappa shape index (κ3) is 4.48. The number of hydrogen-bond acceptors (Lipinski definition) is 3. The summed E-state index contributed by atoms with van der Waals surface area (Å²) in [6.07, 6.45) is 2.80. The summed E-state index contributed by atoms with van der Waals surface area (Å²) in [5.41, 5.74) is 1.30. The number of rotatable bonds is 5. The Bertz CT molecular complexity index is 466. The van der Waals surface area contributed by atoms with Crippen LogP contribution in [0, 0.1) is 6.92 Å². The largest absolute Gasteiger partial charge is 0.380 e. The molecule has 21 heavy (non-hydrogen) atoms. The van der Waals surface area contributed by atoms with Gasteiger partial charge in [0.2, 0.25) is 0 Å². The molecule has 0 bridgehead atoms. The summed E-state index contributed by atoms with van der Waals surface area (Å²) >= 11 is 1.80. The van der Waals surface area contributed by atoms with Crippen molar-refractivity contribution in [3.63, 3.8) is 0 Å². The molecule has 4 heteroatoms. The normalized spacial score (nSPS) is 19.0. The van der Waals surface area contributed by atoms with Crippen molar-refractivity contribution in [3.8, 4) is 0 Å². The molecular formula is C17H25NO2S. The molecule has 1 atom stereocenters. The van der Waals surface area contributed by atoms with Gasteiger partial charge in [0.05, 0.1) is 0 Å². The first kappa shape index (κ1) is 16.4. The Balaban J connectivity index is 1.95. The first-order valence-electron chi connectivity index (χ1n) is 7.70. The van der Waals surface area contributed by atoms with Gasteiger partial charge >= 0.3 is 0 Å². The molecule has 3 nitrogen and oxygen atoms in total. The van der Waals surface area contributed by atoms with E-state index in [1.54, 1.807) is 11.8 Å². The number of hydrogen-bond donors (Lipinski definition) is 2. The van der Waals surface area contributed by atoms with Crippen LogP contribution in [0.25, 0.3) is 0 Å². The number of amides is 1. The van der Waals surface area contributed by atoms with E-state index in [4.69, 9.17) is 0 Å². The molecule has 2 rings (SSSR count). The Hall–Kier alpha value is -1.000. The SMILES string of the molecule is CC[C@@H](Cc1ccc(C)cc1)NC(=O)C1(O)CCSCC1. The number of carbonyl (C=O) groups is 1. The highest BCUT2D eigenvalue weighted by atomic mass is 32.2. The summed E-state index contributed by atoms with van der Waals surface area (Å²) in [6.45, 7) is 4.14. The molecule has 1 aromatic carbocycles. The number of thioether (sulfide) groups is 1. The van der Waals surface area contributed by atoms with Gasteiger partial charge in [0.25, 0.3) is 5.91 Å². The van der Waals surface area contributed by atoms with Crippen LogP contribution in [0.15, 0.2) is 24.3 Å². The van der Waals surface area contributed by atoms with E-state index in [0.717, 1.165) is 24.3 Å². The lowest BCUT2D eigenvalue weighted by Gasteiger charge is -2.32. The summed E-state index contributed by atoms with van der Waals surface area (Å²) in [5, 5.41) is 13.5. The van der Waals surface area contributed by atoms with Crippen molar-refractivity contribution in [1.29, 1.82) is 0 Å². The van der Waals surface area contributed by atoms with Crippen molar-refractivity contribution in [3.05, 3.63) is 35.4 Å². The topological polar surface area (TPSA) is 49.3 Å². The molecule has 1 aliphatic rings. The van der Waals surface area contributed by atoms with Gasteiger partial charge in [-0.3, -0.25) is 4.79 Å². The standard InChI is InChI=1S/C17H25NO2S/c1-3-15(12-14-6-4-13(2)5-7-14)18-16(19)17(20)8-10-21-11-9-17/h4-7,15,20H,3,8-12H2,1-2H3,(H,18,19)/t15-/m0/s1. The molecule has 116 valence electrons. The molecule has 1 saturated heterocycles. The Morgan fingerprint density at radius 2 is 1.95 bits per heavy atom. The van der Waals surface area contributed by atoms with Crippen LogP contribution in [-0.4, -0.2) is 34.2 Å². The monoisotopic (exact) mass is 307 g/mol. The summed E-state index contributed by atoms with van der Waals surface area (Å²) in [7, 11) is 0. The van der Waals surface area contributed by atoms with Crippen molar-refractivity contribution in [2.45, 2.75) is 51.2 Å². The molecule has 1 heterocycles. The fourth-order valence-corrected chi connectivity index (χ4v) is 3.73. The van der Waals surface area contributed by atoms with Gasteiger partial charge in [0, 0.05) is 6.04 Å². The number of carbonyl (C=O) groups excluding carboxylic acids is 1. The van der Waals surface area contributed by atoms with Crippen LogP contribution in [-0.2, 0) is 11.2 Å². The molecule has 1 amide bonds. The van der Waals surface area contributed by atoms with Crippen molar-refractivity contribution >= 4 is 17.7 Å². The highest BCUT2D eigenvalue weighted by molar-refractivity contribution is 7.99. The molecule has 0 radical (unpaired) electrons. The quantitative estimate of drug-likeness (QED) is 0.879. The van der Waals surface area contributed by atoms with E-state index in [2.05, 4.69) is 43.4 Å². The summed E-state index contributed by atoms with van der Waals surface area (Å²) in [5.74, 6) is 1.53. The Labute approximate surface area is 131 Å². The molecule has 1 fully saturated rings. The predicted octanol–water partition coefficient (Wildman–Crippen LogP) is 2.69. The van der Waals surface area contributed by atoms with Crippen molar-refractivity contribution < 1.29 is 9.90 Å². The van der Waals surface area contributed by atoms with Crippen LogP contribution >= 0.6 is 11.8 Å². The van der Waals surface area contributed by atoms with Gasteiger partial charge in [-0.1, -0.05) is 36.8 Å². The van der Waals surface area contributed by atoms with Crippen LogP contribution in [0.2, 0.25) is 0 Å². The second-order valence-electron chi connectivity index (χ2n) is 5.91. The van der Waals surface area contributed by atoms with E-state index < -0.39 is 5.60 Å². The van der Waals surface area contributed by atoms with Crippen LogP contribution in [0.3, 0.4) is 0 Å².